The van der Waals surface area contributed by atoms with Gasteiger partial charge in [-0.1, -0.05) is 30.3 Å². The number of carbonyl (C=O) groups excluding carboxylic acids is 5. The predicted molar refractivity (Wildman–Crippen MR) is 110 cm³/mol. The summed E-state index contributed by atoms with van der Waals surface area (Å²) in [4.78, 5) is 60.5. The number of carbonyl (C=O) groups is 5. The van der Waals surface area contributed by atoms with Crippen molar-refractivity contribution in [1.82, 2.24) is 26.2 Å². The molecule has 0 saturated heterocycles. The highest BCUT2D eigenvalue weighted by Gasteiger charge is 2.26. The summed E-state index contributed by atoms with van der Waals surface area (Å²) in [6.45, 7) is -0.126. The topological polar surface area (TPSA) is 137 Å². The predicted octanol–water partition coefficient (Wildman–Crippen LogP) is -0.805. The highest BCUT2D eigenvalue weighted by Crippen LogP contribution is 2.07. The summed E-state index contributed by atoms with van der Waals surface area (Å²) in [6.07, 6.45) is 0.881. The van der Waals surface area contributed by atoms with Crippen molar-refractivity contribution in [3.05, 3.63) is 35.9 Å². The molecule has 2 atom stereocenters. The Hall–Kier alpha value is -3.27. The third kappa shape index (κ3) is 8.82. The lowest BCUT2D eigenvalue weighted by molar-refractivity contribution is -0.126. The van der Waals surface area contributed by atoms with E-state index in [-0.39, 0.29) is 19.4 Å². The molecule has 4 N–H and O–H groups in total. The van der Waals surface area contributed by atoms with Crippen LogP contribution in [0.25, 0.3) is 0 Å². The van der Waals surface area contributed by atoms with Gasteiger partial charge in [-0.05, 0) is 32.5 Å². The van der Waals surface area contributed by atoms with Crippen molar-refractivity contribution in [2.45, 2.75) is 31.3 Å². The first-order chi connectivity index (χ1) is 14.3. The number of rotatable bonds is 11. The standard InChI is InChI=1S/C20H29N5O5/c1-21-18(28)15(9-10-17(27)22-11-12-26)23-20(30)24-19(29)16(25(2)3)13-14-7-5-4-6-8-14/h4-8,12,15-16H,9-11,13H2,1-3H3,(H,21,28)(H,22,27)(H2,23,24,29,30)/t15-,16-/m0/s1. The molecule has 10 heteroatoms. The van der Waals surface area contributed by atoms with Crippen molar-refractivity contribution in [3.8, 4) is 0 Å². The number of hydrogen-bond acceptors (Lipinski definition) is 6. The zero-order valence-electron chi connectivity index (χ0n) is 17.4. The van der Waals surface area contributed by atoms with Crippen LogP contribution < -0.4 is 21.3 Å². The Morgan fingerprint density at radius 3 is 2.30 bits per heavy atom. The number of likely N-dealkylation sites (N-methyl/N-ethyl adjacent to an activating group) is 2. The molecule has 0 heterocycles. The van der Waals surface area contributed by atoms with E-state index in [1.165, 1.54) is 7.05 Å². The molecule has 0 saturated carbocycles. The summed E-state index contributed by atoms with van der Waals surface area (Å²) in [5, 5.41) is 9.43. The third-order valence-electron chi connectivity index (χ3n) is 4.35. The van der Waals surface area contributed by atoms with Gasteiger partial charge in [0.2, 0.25) is 17.7 Å². The minimum Gasteiger partial charge on any atom is -0.357 e. The van der Waals surface area contributed by atoms with E-state index in [9.17, 15) is 24.0 Å². The van der Waals surface area contributed by atoms with Crippen LogP contribution in [-0.2, 0) is 25.6 Å². The molecular weight excluding hydrogens is 390 g/mol. The molecule has 30 heavy (non-hydrogen) atoms. The molecule has 1 aromatic rings. The molecule has 1 aromatic carbocycles. The minimum atomic E-state index is -1.02. The van der Waals surface area contributed by atoms with Crippen LogP contribution in [0.4, 0.5) is 4.79 Å². The summed E-state index contributed by atoms with van der Waals surface area (Å²) in [5.41, 5.74) is 0.941. The van der Waals surface area contributed by atoms with Gasteiger partial charge in [0, 0.05) is 13.5 Å². The molecule has 0 aliphatic heterocycles. The number of nitrogens with one attached hydrogen (secondary N) is 4. The van der Waals surface area contributed by atoms with Crippen LogP contribution >= 0.6 is 0 Å². The fraction of sp³-hybridized carbons (Fsp3) is 0.450. The smallest absolute Gasteiger partial charge is 0.322 e. The number of imide groups is 1. The molecule has 1 rings (SSSR count). The lowest BCUT2D eigenvalue weighted by Crippen LogP contribution is -2.54. The Morgan fingerprint density at radius 2 is 1.73 bits per heavy atom. The van der Waals surface area contributed by atoms with Crippen LogP contribution in [0.3, 0.4) is 0 Å². The molecule has 0 radical (unpaired) electrons. The summed E-state index contributed by atoms with van der Waals surface area (Å²) in [7, 11) is 4.86. The Balaban J connectivity index is 2.68. The normalized spacial score (nSPS) is 12.4. The number of urea groups is 1. The molecule has 0 unspecified atom stereocenters. The van der Waals surface area contributed by atoms with E-state index in [2.05, 4.69) is 21.3 Å². The van der Waals surface area contributed by atoms with Crippen molar-refractivity contribution in [2.24, 2.45) is 0 Å². The molecule has 164 valence electrons. The quantitative estimate of drug-likeness (QED) is 0.347. The highest BCUT2D eigenvalue weighted by atomic mass is 16.2. The maximum Gasteiger partial charge on any atom is 0.322 e. The molecule has 0 aliphatic rings. The van der Waals surface area contributed by atoms with Gasteiger partial charge < -0.3 is 20.7 Å². The van der Waals surface area contributed by atoms with E-state index in [1.54, 1.807) is 19.0 Å². The van der Waals surface area contributed by atoms with Crippen LogP contribution in [-0.4, -0.2) is 74.7 Å². The lowest BCUT2D eigenvalue weighted by atomic mass is 10.0. The number of nitrogens with zero attached hydrogens (tertiary/aromatic N) is 1. The van der Waals surface area contributed by atoms with Gasteiger partial charge >= 0.3 is 6.03 Å². The maximum atomic E-state index is 12.6. The zero-order valence-corrected chi connectivity index (χ0v) is 17.4. The molecule has 5 amide bonds. The van der Waals surface area contributed by atoms with Crippen LogP contribution in [0, 0.1) is 0 Å². The molecule has 0 spiro atoms. The maximum absolute atomic E-state index is 12.6. The molecule has 0 bridgehead atoms. The van der Waals surface area contributed by atoms with E-state index in [0.717, 1.165) is 5.56 Å². The van der Waals surface area contributed by atoms with Crippen molar-refractivity contribution >= 4 is 30.0 Å². The average molecular weight is 419 g/mol. The van der Waals surface area contributed by atoms with Gasteiger partial charge in [-0.3, -0.25) is 24.6 Å². The second-order valence-electron chi connectivity index (χ2n) is 6.81. The van der Waals surface area contributed by atoms with Crippen LogP contribution in [0.1, 0.15) is 18.4 Å². The molecule has 0 aliphatic carbocycles. The summed E-state index contributed by atoms with van der Waals surface area (Å²) in [5.74, 6) is -1.44. The van der Waals surface area contributed by atoms with Crippen molar-refractivity contribution in [2.75, 3.05) is 27.7 Å². The molecule has 10 nitrogen and oxygen atoms in total. The first kappa shape index (κ1) is 24.8. The fourth-order valence-electron chi connectivity index (χ4n) is 2.70. The highest BCUT2D eigenvalue weighted by molar-refractivity contribution is 5.98. The average Bonchev–Trinajstić information content (AvgIpc) is 2.73. The van der Waals surface area contributed by atoms with Crippen molar-refractivity contribution in [3.63, 3.8) is 0 Å². The van der Waals surface area contributed by atoms with Crippen molar-refractivity contribution in [1.29, 1.82) is 0 Å². The van der Waals surface area contributed by atoms with Gasteiger partial charge in [0.05, 0.1) is 12.6 Å². The summed E-state index contributed by atoms with van der Waals surface area (Å²) >= 11 is 0. The largest absolute Gasteiger partial charge is 0.357 e. The van der Waals surface area contributed by atoms with Gasteiger partial charge in [-0.15, -0.1) is 0 Å². The fourth-order valence-corrected chi connectivity index (χ4v) is 2.70. The third-order valence-corrected chi connectivity index (χ3v) is 4.35. The number of hydrogen-bond donors (Lipinski definition) is 4. The first-order valence-electron chi connectivity index (χ1n) is 9.52. The van der Waals surface area contributed by atoms with Crippen molar-refractivity contribution < 1.29 is 24.0 Å². The Kier molecular flexibility index (Phi) is 10.8. The lowest BCUT2D eigenvalue weighted by Gasteiger charge is -2.24. The monoisotopic (exact) mass is 419 g/mol. The van der Waals surface area contributed by atoms with Gasteiger partial charge in [0.1, 0.15) is 12.3 Å². The van der Waals surface area contributed by atoms with E-state index >= 15 is 0 Å². The number of amides is 5. The van der Waals surface area contributed by atoms with Gasteiger partial charge in [-0.25, -0.2) is 4.79 Å². The van der Waals surface area contributed by atoms with Crippen LogP contribution in [0.15, 0.2) is 30.3 Å². The van der Waals surface area contributed by atoms with Crippen LogP contribution in [0.2, 0.25) is 0 Å². The van der Waals surface area contributed by atoms with E-state index < -0.39 is 35.8 Å². The molecule has 0 aromatic heterocycles. The summed E-state index contributed by atoms with van der Waals surface area (Å²) < 4.78 is 0. The second-order valence-corrected chi connectivity index (χ2v) is 6.81. The summed E-state index contributed by atoms with van der Waals surface area (Å²) in [6, 6.07) is 6.95. The Labute approximate surface area is 175 Å². The van der Waals surface area contributed by atoms with Gasteiger partial charge in [-0.2, -0.15) is 0 Å². The SMILES string of the molecule is CNC(=O)[C@H](CCC(=O)NCC=O)NC(=O)NC(=O)[C@H](Cc1ccccc1)N(C)C. The van der Waals surface area contributed by atoms with E-state index in [4.69, 9.17) is 0 Å². The number of benzene rings is 1. The van der Waals surface area contributed by atoms with Gasteiger partial charge in [0.15, 0.2) is 0 Å². The van der Waals surface area contributed by atoms with E-state index in [0.29, 0.717) is 12.7 Å². The zero-order chi connectivity index (χ0) is 22.5. The van der Waals surface area contributed by atoms with Crippen LogP contribution in [0.5, 0.6) is 0 Å². The first-order valence-corrected chi connectivity index (χ1v) is 9.52. The van der Waals surface area contributed by atoms with Gasteiger partial charge in [0.25, 0.3) is 0 Å². The Bertz CT molecular complexity index is 738. The number of aldehydes is 1. The Morgan fingerprint density at radius 1 is 1.07 bits per heavy atom. The van der Waals surface area contributed by atoms with E-state index in [1.807, 2.05) is 30.3 Å². The molecular formula is C20H29N5O5. The molecule has 0 fully saturated rings. The second kappa shape index (κ2) is 13.0. The minimum absolute atomic E-state index is 0.00704.